The number of non-ortho nitro benzene ring substituents is 1. The standard InChI is InChI=1S/C24H28N6O4S/c1-16-7-9-18(10-8-16)29-23(28-13-5-4-6-14-28)26-27-24(29)35-17(2)22(31)25-20-15-19(30(32)33)11-12-21(20)34-3/h7-12,15,17H,4-6,13-14H2,1-3H3,(H,25,31). The maximum Gasteiger partial charge on any atom is 0.271 e. The number of thioether (sulfide) groups is 1. The van der Waals surface area contributed by atoms with Crippen LogP contribution in [0.4, 0.5) is 17.3 Å². The molecule has 4 rings (SSSR count). The van der Waals surface area contributed by atoms with Crippen LogP contribution in [0.5, 0.6) is 5.75 Å². The van der Waals surface area contributed by atoms with Gasteiger partial charge in [0.25, 0.3) is 5.69 Å². The number of benzene rings is 2. The number of ether oxygens (including phenoxy) is 1. The van der Waals surface area contributed by atoms with Gasteiger partial charge in [-0.15, -0.1) is 10.2 Å². The molecular weight excluding hydrogens is 468 g/mol. The Kier molecular flexibility index (Phi) is 7.54. The van der Waals surface area contributed by atoms with Crippen molar-refractivity contribution < 1.29 is 14.5 Å². The quantitative estimate of drug-likeness (QED) is 0.273. The lowest BCUT2D eigenvalue weighted by Crippen LogP contribution is -2.31. The lowest BCUT2D eigenvalue weighted by atomic mass is 10.1. The number of rotatable bonds is 8. The van der Waals surface area contributed by atoms with Crippen LogP contribution in [-0.2, 0) is 4.79 Å². The number of nitro groups is 1. The van der Waals surface area contributed by atoms with Crippen LogP contribution in [-0.4, -0.2) is 51.0 Å². The highest BCUT2D eigenvalue weighted by molar-refractivity contribution is 8.00. The van der Waals surface area contributed by atoms with Gasteiger partial charge in [0, 0.05) is 25.2 Å². The number of methoxy groups -OCH3 is 1. The van der Waals surface area contributed by atoms with E-state index in [9.17, 15) is 14.9 Å². The molecule has 35 heavy (non-hydrogen) atoms. The van der Waals surface area contributed by atoms with Crippen molar-refractivity contribution in [3.8, 4) is 11.4 Å². The van der Waals surface area contributed by atoms with Crippen LogP contribution in [0.1, 0.15) is 31.7 Å². The molecule has 11 heteroatoms. The molecule has 10 nitrogen and oxygen atoms in total. The molecule has 2 aromatic carbocycles. The number of hydrogen-bond donors (Lipinski definition) is 1. The molecule has 1 atom stereocenters. The molecule has 0 saturated carbocycles. The summed E-state index contributed by atoms with van der Waals surface area (Å²) in [4.78, 5) is 25.9. The molecule has 1 N–H and O–H groups in total. The summed E-state index contributed by atoms with van der Waals surface area (Å²) in [5.74, 6) is 0.784. The van der Waals surface area contributed by atoms with Crippen LogP contribution < -0.4 is 15.0 Å². The van der Waals surface area contributed by atoms with Gasteiger partial charge in [-0.3, -0.25) is 19.5 Å². The molecule has 1 saturated heterocycles. The van der Waals surface area contributed by atoms with Crippen molar-refractivity contribution in [2.75, 3.05) is 30.4 Å². The first kappa shape index (κ1) is 24.5. The Balaban J connectivity index is 1.59. The van der Waals surface area contributed by atoms with E-state index in [-0.39, 0.29) is 17.3 Å². The molecule has 2 heterocycles. The van der Waals surface area contributed by atoms with Gasteiger partial charge in [-0.25, -0.2) is 0 Å². The SMILES string of the molecule is COc1ccc([N+](=O)[O-])cc1NC(=O)C(C)Sc1nnc(N2CCCCC2)n1-c1ccc(C)cc1. The first-order valence-corrected chi connectivity index (χ1v) is 12.3. The zero-order valence-corrected chi connectivity index (χ0v) is 20.7. The van der Waals surface area contributed by atoms with E-state index in [1.807, 2.05) is 35.8 Å². The molecule has 1 unspecified atom stereocenters. The van der Waals surface area contributed by atoms with E-state index in [2.05, 4.69) is 20.4 Å². The fraction of sp³-hybridized carbons (Fsp3) is 0.375. The summed E-state index contributed by atoms with van der Waals surface area (Å²) >= 11 is 1.28. The number of hydrogen-bond acceptors (Lipinski definition) is 8. The summed E-state index contributed by atoms with van der Waals surface area (Å²) in [6, 6.07) is 12.2. The number of aryl methyl sites for hydroxylation is 1. The van der Waals surface area contributed by atoms with E-state index < -0.39 is 10.2 Å². The second kappa shape index (κ2) is 10.8. The summed E-state index contributed by atoms with van der Waals surface area (Å²) in [6.45, 7) is 5.62. The lowest BCUT2D eigenvalue weighted by Gasteiger charge is -2.28. The van der Waals surface area contributed by atoms with Crippen LogP contribution in [0, 0.1) is 17.0 Å². The summed E-state index contributed by atoms with van der Waals surface area (Å²) in [6.07, 6.45) is 3.41. The minimum Gasteiger partial charge on any atom is -0.495 e. The van der Waals surface area contributed by atoms with E-state index in [1.54, 1.807) is 6.92 Å². The van der Waals surface area contributed by atoms with Gasteiger partial charge >= 0.3 is 0 Å². The highest BCUT2D eigenvalue weighted by Gasteiger charge is 2.25. The molecule has 1 aliphatic heterocycles. The second-order valence-electron chi connectivity index (χ2n) is 8.39. The van der Waals surface area contributed by atoms with Crippen molar-refractivity contribution in [2.45, 2.75) is 43.5 Å². The number of amides is 1. The van der Waals surface area contributed by atoms with Crippen LogP contribution in [0.2, 0.25) is 0 Å². The van der Waals surface area contributed by atoms with E-state index in [4.69, 9.17) is 4.74 Å². The Morgan fingerprint density at radius 2 is 1.86 bits per heavy atom. The first-order chi connectivity index (χ1) is 16.9. The van der Waals surface area contributed by atoms with Crippen LogP contribution in [0.15, 0.2) is 47.6 Å². The van der Waals surface area contributed by atoms with E-state index in [0.717, 1.165) is 43.1 Å². The minimum atomic E-state index is -0.554. The van der Waals surface area contributed by atoms with Gasteiger partial charge in [0.15, 0.2) is 5.16 Å². The molecule has 0 spiro atoms. The maximum absolute atomic E-state index is 13.0. The van der Waals surface area contributed by atoms with Crippen LogP contribution >= 0.6 is 11.8 Å². The number of nitrogens with one attached hydrogen (secondary N) is 1. The predicted molar refractivity (Wildman–Crippen MR) is 136 cm³/mol. The number of aromatic nitrogens is 3. The molecule has 1 amide bonds. The van der Waals surface area contributed by atoms with Crippen molar-refractivity contribution in [3.05, 3.63) is 58.1 Å². The molecule has 1 aromatic heterocycles. The largest absolute Gasteiger partial charge is 0.495 e. The molecule has 0 bridgehead atoms. The Bertz CT molecular complexity index is 1210. The molecule has 1 fully saturated rings. The predicted octanol–water partition coefficient (Wildman–Crippen LogP) is 4.60. The van der Waals surface area contributed by atoms with E-state index in [1.165, 1.54) is 43.5 Å². The molecule has 1 aliphatic rings. The van der Waals surface area contributed by atoms with Gasteiger partial charge in [0.1, 0.15) is 5.75 Å². The van der Waals surface area contributed by atoms with Crippen molar-refractivity contribution in [1.82, 2.24) is 14.8 Å². The van der Waals surface area contributed by atoms with Gasteiger partial charge in [-0.2, -0.15) is 0 Å². The Hall–Kier alpha value is -3.60. The summed E-state index contributed by atoms with van der Waals surface area (Å²) in [5, 5.41) is 22.9. The fourth-order valence-corrected chi connectivity index (χ4v) is 4.77. The molecule has 0 aliphatic carbocycles. The van der Waals surface area contributed by atoms with Gasteiger partial charge in [-0.1, -0.05) is 29.5 Å². The Labute approximate surface area is 207 Å². The highest BCUT2D eigenvalue weighted by Crippen LogP contribution is 2.33. The second-order valence-corrected chi connectivity index (χ2v) is 9.70. The summed E-state index contributed by atoms with van der Waals surface area (Å²) in [5.41, 5.74) is 2.19. The number of anilines is 2. The van der Waals surface area contributed by atoms with Gasteiger partial charge < -0.3 is 15.0 Å². The monoisotopic (exact) mass is 496 g/mol. The minimum absolute atomic E-state index is 0.133. The normalized spacial score (nSPS) is 14.4. The molecular formula is C24H28N6O4S. The fourth-order valence-electron chi connectivity index (χ4n) is 3.91. The average molecular weight is 497 g/mol. The van der Waals surface area contributed by atoms with Crippen molar-refractivity contribution in [2.24, 2.45) is 0 Å². The third kappa shape index (κ3) is 5.56. The maximum atomic E-state index is 13.0. The zero-order chi connectivity index (χ0) is 24.9. The van der Waals surface area contributed by atoms with Gasteiger partial charge in [0.2, 0.25) is 11.9 Å². The van der Waals surface area contributed by atoms with Crippen molar-refractivity contribution in [1.29, 1.82) is 0 Å². The van der Waals surface area contributed by atoms with Gasteiger partial charge in [-0.05, 0) is 51.3 Å². The molecule has 184 valence electrons. The number of nitro benzene ring substituents is 1. The summed E-state index contributed by atoms with van der Waals surface area (Å²) < 4.78 is 7.25. The third-order valence-electron chi connectivity index (χ3n) is 5.85. The topological polar surface area (TPSA) is 115 Å². The Morgan fingerprint density at radius 3 is 2.51 bits per heavy atom. The van der Waals surface area contributed by atoms with Crippen molar-refractivity contribution >= 4 is 35.0 Å². The highest BCUT2D eigenvalue weighted by atomic mass is 32.2. The number of carbonyl (C=O) groups excluding carboxylic acids is 1. The Morgan fingerprint density at radius 1 is 1.14 bits per heavy atom. The third-order valence-corrected chi connectivity index (χ3v) is 6.89. The number of carbonyl (C=O) groups is 1. The number of piperidine rings is 1. The lowest BCUT2D eigenvalue weighted by molar-refractivity contribution is -0.384. The molecule has 0 radical (unpaired) electrons. The average Bonchev–Trinajstić information content (AvgIpc) is 3.28. The smallest absolute Gasteiger partial charge is 0.271 e. The van der Waals surface area contributed by atoms with Crippen molar-refractivity contribution in [3.63, 3.8) is 0 Å². The molecule has 3 aromatic rings. The van der Waals surface area contributed by atoms with E-state index >= 15 is 0 Å². The zero-order valence-electron chi connectivity index (χ0n) is 19.9. The first-order valence-electron chi connectivity index (χ1n) is 11.4. The number of nitrogens with zero attached hydrogens (tertiary/aromatic N) is 5. The van der Waals surface area contributed by atoms with Gasteiger partial charge in [0.05, 0.1) is 28.7 Å². The van der Waals surface area contributed by atoms with Crippen LogP contribution in [0.3, 0.4) is 0 Å². The van der Waals surface area contributed by atoms with E-state index in [0.29, 0.717) is 10.9 Å². The van der Waals surface area contributed by atoms with Crippen LogP contribution in [0.25, 0.3) is 5.69 Å². The summed E-state index contributed by atoms with van der Waals surface area (Å²) in [7, 11) is 1.45.